The molecule has 0 unspecified atom stereocenters. The highest BCUT2D eigenvalue weighted by atomic mass is 16.5. The van der Waals surface area contributed by atoms with Crippen LogP contribution in [0.3, 0.4) is 0 Å². The molecule has 0 bridgehead atoms. The number of hydrogen-bond acceptors (Lipinski definition) is 3. The third-order valence-corrected chi connectivity index (χ3v) is 3.07. The Hall–Kier alpha value is -2.61. The highest BCUT2D eigenvalue weighted by Gasteiger charge is 2.16. The van der Waals surface area contributed by atoms with Gasteiger partial charge in [-0.25, -0.2) is 4.85 Å². The molecule has 1 aromatic rings. The maximum absolute atomic E-state index is 11.9. The zero-order valence-electron chi connectivity index (χ0n) is 15.6. The number of anilines is 1. The number of nitrogens with zero attached hydrogens (tertiary/aromatic N) is 1. The molecule has 0 saturated carbocycles. The summed E-state index contributed by atoms with van der Waals surface area (Å²) in [6.45, 7) is 17.3. The summed E-state index contributed by atoms with van der Waals surface area (Å²) in [5.41, 5.74) is 1.23. The Bertz CT molecular complexity index is 674. The SMILES string of the molecule is [C-]#[N+]/C(=C\c1ccc(NC(=O)CC(C)(C)C)cc1)C(=O)OCC(C)C. The standard InChI is InChI=1S/C20H26N2O3/c1-14(2)13-25-19(24)17(21-6)11-15-7-9-16(10-8-15)22-18(23)12-20(3,4)5/h7-11,14H,12-13H2,1-5H3,(H,22,23)/b17-11-. The Morgan fingerprint density at radius 2 is 1.84 bits per heavy atom. The smallest absolute Gasteiger partial charge is 0.336 e. The summed E-state index contributed by atoms with van der Waals surface area (Å²) in [4.78, 5) is 27.0. The summed E-state index contributed by atoms with van der Waals surface area (Å²) in [5.74, 6) is -0.451. The molecule has 0 radical (unpaired) electrons. The summed E-state index contributed by atoms with van der Waals surface area (Å²) in [6.07, 6.45) is 1.91. The summed E-state index contributed by atoms with van der Waals surface area (Å²) in [6, 6.07) is 6.97. The first-order valence-electron chi connectivity index (χ1n) is 8.27. The predicted octanol–water partition coefficient (Wildman–Crippen LogP) is 4.52. The molecule has 5 heteroatoms. The van der Waals surface area contributed by atoms with E-state index in [1.807, 2.05) is 34.6 Å². The van der Waals surface area contributed by atoms with Crippen molar-refractivity contribution < 1.29 is 14.3 Å². The van der Waals surface area contributed by atoms with E-state index in [0.717, 1.165) is 0 Å². The minimum absolute atomic E-state index is 0.0464. The number of carbonyl (C=O) groups excluding carboxylic acids is 2. The number of esters is 1. The number of amides is 1. The van der Waals surface area contributed by atoms with E-state index in [-0.39, 0.29) is 29.5 Å². The van der Waals surface area contributed by atoms with Crippen LogP contribution in [0.4, 0.5) is 5.69 Å². The lowest BCUT2D eigenvalue weighted by molar-refractivity contribution is -0.139. The lowest BCUT2D eigenvalue weighted by Gasteiger charge is -2.17. The molecule has 1 amide bonds. The van der Waals surface area contributed by atoms with Crippen LogP contribution in [0, 0.1) is 17.9 Å². The van der Waals surface area contributed by atoms with E-state index < -0.39 is 5.97 Å². The normalized spacial score (nSPS) is 11.8. The molecule has 1 aromatic carbocycles. The number of rotatable bonds is 6. The molecule has 0 spiro atoms. The van der Waals surface area contributed by atoms with Gasteiger partial charge in [0.25, 0.3) is 5.70 Å². The monoisotopic (exact) mass is 342 g/mol. The van der Waals surface area contributed by atoms with Gasteiger partial charge in [-0.15, -0.1) is 0 Å². The lowest BCUT2D eigenvalue weighted by atomic mass is 9.92. The Labute approximate surface area is 149 Å². The van der Waals surface area contributed by atoms with Crippen molar-refractivity contribution in [1.29, 1.82) is 0 Å². The van der Waals surface area contributed by atoms with Gasteiger partial charge >= 0.3 is 5.97 Å². The minimum Gasteiger partial charge on any atom is -0.470 e. The molecule has 0 heterocycles. The molecule has 0 aliphatic rings. The molecule has 134 valence electrons. The van der Waals surface area contributed by atoms with Crippen LogP contribution in [-0.4, -0.2) is 18.5 Å². The molecule has 1 N–H and O–H groups in total. The molecule has 0 saturated heterocycles. The third-order valence-electron chi connectivity index (χ3n) is 3.07. The molecule has 5 nitrogen and oxygen atoms in total. The second-order valence-corrected chi connectivity index (χ2v) is 7.54. The van der Waals surface area contributed by atoms with E-state index in [4.69, 9.17) is 11.3 Å². The van der Waals surface area contributed by atoms with Crippen molar-refractivity contribution in [3.05, 3.63) is 46.9 Å². The number of ether oxygens (including phenoxy) is 1. The second kappa shape index (κ2) is 9.03. The van der Waals surface area contributed by atoms with Crippen molar-refractivity contribution in [3.63, 3.8) is 0 Å². The first-order chi connectivity index (χ1) is 11.6. The van der Waals surface area contributed by atoms with Gasteiger partial charge in [0.05, 0.1) is 13.2 Å². The predicted molar refractivity (Wildman–Crippen MR) is 99.5 cm³/mol. The molecule has 0 aliphatic heterocycles. The Kier molecular flexibility index (Phi) is 7.38. The topological polar surface area (TPSA) is 59.8 Å². The van der Waals surface area contributed by atoms with Crippen LogP contribution in [0.1, 0.15) is 46.6 Å². The minimum atomic E-state index is -0.619. The van der Waals surface area contributed by atoms with Crippen molar-refractivity contribution in [2.24, 2.45) is 11.3 Å². The fourth-order valence-corrected chi connectivity index (χ4v) is 1.96. The zero-order valence-corrected chi connectivity index (χ0v) is 15.6. The third kappa shape index (κ3) is 8.16. The lowest BCUT2D eigenvalue weighted by Crippen LogP contribution is -2.19. The maximum Gasteiger partial charge on any atom is 0.336 e. The average Bonchev–Trinajstić information content (AvgIpc) is 2.50. The molecule has 25 heavy (non-hydrogen) atoms. The van der Waals surface area contributed by atoms with Crippen molar-refractivity contribution >= 4 is 23.6 Å². The number of nitrogens with one attached hydrogen (secondary N) is 1. The van der Waals surface area contributed by atoms with E-state index >= 15 is 0 Å². The van der Waals surface area contributed by atoms with Crippen LogP contribution < -0.4 is 5.32 Å². The zero-order chi connectivity index (χ0) is 19.0. The number of carbonyl (C=O) groups is 2. The van der Waals surface area contributed by atoms with Gasteiger partial charge in [-0.2, -0.15) is 0 Å². The van der Waals surface area contributed by atoms with Crippen molar-refractivity contribution in [2.75, 3.05) is 11.9 Å². The first-order valence-corrected chi connectivity index (χ1v) is 8.27. The molecular formula is C20H26N2O3. The molecular weight excluding hydrogens is 316 g/mol. The Balaban J connectivity index is 2.76. The van der Waals surface area contributed by atoms with Crippen molar-refractivity contribution in [1.82, 2.24) is 0 Å². The molecule has 0 atom stereocenters. The Morgan fingerprint density at radius 3 is 2.32 bits per heavy atom. The number of benzene rings is 1. The molecule has 0 aliphatic carbocycles. The Morgan fingerprint density at radius 1 is 1.24 bits per heavy atom. The van der Waals surface area contributed by atoms with Gasteiger partial charge in [-0.05, 0) is 35.1 Å². The van der Waals surface area contributed by atoms with E-state index in [0.29, 0.717) is 17.7 Å². The highest BCUT2D eigenvalue weighted by Crippen LogP contribution is 2.20. The van der Waals surface area contributed by atoms with Gasteiger partial charge in [0.2, 0.25) is 5.91 Å². The van der Waals surface area contributed by atoms with Crippen LogP contribution in [0.2, 0.25) is 0 Å². The van der Waals surface area contributed by atoms with Crippen LogP contribution in [0.15, 0.2) is 30.0 Å². The van der Waals surface area contributed by atoms with E-state index in [9.17, 15) is 9.59 Å². The quantitative estimate of drug-likeness (QED) is 0.470. The maximum atomic E-state index is 11.9. The van der Waals surface area contributed by atoms with Crippen molar-refractivity contribution in [2.45, 2.75) is 41.0 Å². The van der Waals surface area contributed by atoms with Gasteiger partial charge in [0.1, 0.15) is 0 Å². The molecule has 0 fully saturated rings. The van der Waals surface area contributed by atoms with Crippen molar-refractivity contribution in [3.8, 4) is 0 Å². The summed E-state index contributed by atoms with van der Waals surface area (Å²) in [7, 11) is 0. The summed E-state index contributed by atoms with van der Waals surface area (Å²) in [5, 5.41) is 2.84. The summed E-state index contributed by atoms with van der Waals surface area (Å²) >= 11 is 0. The largest absolute Gasteiger partial charge is 0.470 e. The fraction of sp³-hybridized carbons (Fsp3) is 0.450. The summed E-state index contributed by atoms with van der Waals surface area (Å²) < 4.78 is 5.07. The van der Waals surface area contributed by atoms with E-state index in [2.05, 4.69) is 10.2 Å². The van der Waals surface area contributed by atoms with Crippen LogP contribution in [0.25, 0.3) is 10.9 Å². The van der Waals surface area contributed by atoms with Crippen LogP contribution >= 0.6 is 0 Å². The fourth-order valence-electron chi connectivity index (χ4n) is 1.96. The average molecular weight is 342 g/mol. The number of hydrogen-bond donors (Lipinski definition) is 1. The van der Waals surface area contributed by atoms with E-state index in [1.54, 1.807) is 24.3 Å². The van der Waals surface area contributed by atoms with Gasteiger partial charge in [0.15, 0.2) is 0 Å². The van der Waals surface area contributed by atoms with Crippen LogP contribution in [0.5, 0.6) is 0 Å². The second-order valence-electron chi connectivity index (χ2n) is 7.54. The van der Waals surface area contributed by atoms with Gasteiger partial charge < -0.3 is 10.1 Å². The van der Waals surface area contributed by atoms with Crippen LogP contribution in [-0.2, 0) is 14.3 Å². The van der Waals surface area contributed by atoms with Gasteiger partial charge in [0, 0.05) is 12.1 Å². The van der Waals surface area contributed by atoms with E-state index in [1.165, 1.54) is 6.08 Å². The first kappa shape index (κ1) is 20.4. The van der Waals surface area contributed by atoms with Gasteiger partial charge in [-0.3, -0.25) is 9.59 Å². The molecule has 1 rings (SSSR count). The molecule has 0 aromatic heterocycles. The highest BCUT2D eigenvalue weighted by molar-refractivity contribution is 5.96. The van der Waals surface area contributed by atoms with Gasteiger partial charge in [-0.1, -0.05) is 46.8 Å².